The number of nitrogens with zero attached hydrogens (tertiary/aromatic N) is 9. The number of amides is 4. The van der Waals surface area contributed by atoms with E-state index in [-0.39, 0.29) is 63.7 Å². The molecule has 4 amide bonds. The van der Waals surface area contributed by atoms with Crippen LogP contribution in [0.2, 0.25) is 0 Å². The number of carboxylic acid groups (broad SMARTS) is 4. The van der Waals surface area contributed by atoms with Gasteiger partial charge in [-0.25, -0.2) is 23.8 Å². The lowest BCUT2D eigenvalue weighted by Gasteiger charge is -2.55. The summed E-state index contributed by atoms with van der Waals surface area (Å²) in [5, 5.41) is 71.0. The molecule has 0 radical (unpaired) electrons. The highest BCUT2D eigenvalue weighted by atomic mass is 32.2. The fourth-order valence-electron chi connectivity index (χ4n) is 7.44. The summed E-state index contributed by atoms with van der Waals surface area (Å²) in [4.78, 5) is 111. The molecule has 4 aliphatic rings. The molecule has 4 aliphatic heterocycles. The van der Waals surface area contributed by atoms with Crippen molar-refractivity contribution in [3.05, 3.63) is 94.0 Å². The number of β-lactam (4-membered cyclic amide) rings is 2. The number of anilines is 1. The Kier molecular flexibility index (Phi) is 15.5. The van der Waals surface area contributed by atoms with E-state index in [4.69, 9.17) is 20.0 Å². The van der Waals surface area contributed by atoms with Crippen LogP contribution in [0.15, 0.2) is 93.1 Å². The van der Waals surface area contributed by atoms with Crippen molar-refractivity contribution in [2.75, 3.05) is 31.0 Å². The summed E-state index contributed by atoms with van der Waals surface area (Å²) in [5.41, 5.74) is 1.66. The summed E-state index contributed by atoms with van der Waals surface area (Å²) in [5.74, 6) is -10.7. The number of nitrogens with two attached hydrogens (primary N) is 1. The number of phenolic OH excluding ortho intramolecular Hbond substituents is 1. The Hall–Kier alpha value is -8.00. The van der Waals surface area contributed by atoms with Crippen molar-refractivity contribution in [3.8, 4) is 5.75 Å². The zero-order valence-corrected chi connectivity index (χ0v) is 40.9. The van der Waals surface area contributed by atoms with Crippen LogP contribution in [-0.4, -0.2) is 163 Å². The van der Waals surface area contributed by atoms with E-state index in [9.17, 15) is 63.9 Å². The van der Waals surface area contributed by atoms with Gasteiger partial charge >= 0.3 is 17.9 Å². The van der Waals surface area contributed by atoms with Crippen molar-refractivity contribution in [1.29, 1.82) is 0 Å². The monoisotopic (exact) mass is 1070 g/mol. The number of ether oxygens (including phenoxy) is 2. The molecule has 5 atom stereocenters. The second-order valence-electron chi connectivity index (χ2n) is 16.3. The van der Waals surface area contributed by atoms with Crippen LogP contribution in [-0.2, 0) is 66.3 Å². The van der Waals surface area contributed by atoms with Crippen LogP contribution < -0.4 is 26.0 Å². The number of thioether (sulfide) groups is 2. The SMILES string of the molecule is CC(C)(O/N=C(\C(=O)N[C@@H]1C(=O)N2C(C(=O)[O-])=C(C[n+]3ccccc3)CS[C@H]12)c1csc(N)n1)C(=O)O.CO[C@@]1(NC(=O)C(C(=O)O)c2ccc(O)cc2)C(=O)N2C(C(=O)O)=C(CSc3nnnn3C)CO[C@@H]21. The van der Waals surface area contributed by atoms with Crippen LogP contribution in [0.25, 0.3) is 0 Å². The average molecular weight is 1070 g/mol. The number of aryl methyl sites for hydroxylation is 1. The normalized spacial score (nSPS) is 20.8. The van der Waals surface area contributed by atoms with Crippen LogP contribution in [0, 0.1) is 0 Å². The first-order valence-corrected chi connectivity index (χ1v) is 24.0. The largest absolute Gasteiger partial charge is 0.543 e. The van der Waals surface area contributed by atoms with E-state index in [1.807, 2.05) is 6.07 Å². The fourth-order valence-corrected chi connectivity index (χ4v) is 10.2. The Morgan fingerprint density at radius 2 is 1.77 bits per heavy atom. The number of phenols is 1. The van der Waals surface area contributed by atoms with Crippen LogP contribution in [0.5, 0.6) is 5.75 Å². The first-order chi connectivity index (χ1) is 34.6. The number of hydrogen-bond donors (Lipinski definition) is 7. The molecule has 0 saturated carbocycles. The number of fused-ring (bicyclic) bond motifs is 2. The molecular formula is C42H42N12O16S3. The van der Waals surface area contributed by atoms with Crippen LogP contribution in [0.3, 0.4) is 0 Å². The van der Waals surface area contributed by atoms with Gasteiger partial charge in [0.1, 0.15) is 28.6 Å². The second kappa shape index (κ2) is 21.4. The van der Waals surface area contributed by atoms with Gasteiger partial charge in [-0.1, -0.05) is 35.1 Å². The third-order valence-corrected chi connectivity index (χ3v) is 14.3. The van der Waals surface area contributed by atoms with Gasteiger partial charge in [-0.05, 0) is 47.5 Å². The fraction of sp³-hybridized carbons (Fsp3) is 0.333. The number of nitrogens with one attached hydrogen (secondary N) is 2. The maximum Gasteiger partial charge on any atom is 0.352 e. The van der Waals surface area contributed by atoms with Crippen molar-refractivity contribution in [2.24, 2.45) is 12.2 Å². The van der Waals surface area contributed by atoms with Crippen LogP contribution in [0.4, 0.5) is 5.13 Å². The van der Waals surface area contributed by atoms with Crippen molar-refractivity contribution in [3.63, 3.8) is 0 Å². The number of hydrogen-bond acceptors (Lipinski definition) is 22. The number of rotatable bonds is 18. The number of carbonyl (C=O) groups excluding carboxylic acids is 5. The van der Waals surface area contributed by atoms with E-state index in [0.717, 1.165) is 40.0 Å². The van der Waals surface area contributed by atoms with E-state index in [1.165, 1.54) is 59.9 Å². The number of aliphatic carboxylic acids is 4. The Morgan fingerprint density at radius 1 is 1.07 bits per heavy atom. The third kappa shape index (κ3) is 10.6. The molecule has 7 heterocycles. The number of methoxy groups -OCH3 is 1. The summed E-state index contributed by atoms with van der Waals surface area (Å²) in [6, 6.07) is 9.29. The summed E-state index contributed by atoms with van der Waals surface area (Å²) < 4.78 is 14.2. The molecule has 4 aromatic rings. The molecular weight excluding hydrogens is 1020 g/mol. The topological polar surface area (TPSA) is 398 Å². The van der Waals surface area contributed by atoms with E-state index in [1.54, 1.807) is 36.1 Å². The number of aromatic hydroxyl groups is 1. The molecule has 8 N–H and O–H groups in total. The van der Waals surface area contributed by atoms with Crippen molar-refractivity contribution in [2.45, 2.75) is 60.4 Å². The number of thiazole rings is 1. The number of carbonyl (C=O) groups is 8. The molecule has 0 spiro atoms. The van der Waals surface area contributed by atoms with E-state index < -0.39 is 82.4 Å². The van der Waals surface area contributed by atoms with Gasteiger partial charge in [0, 0.05) is 48.7 Å². The molecule has 8 rings (SSSR count). The highest BCUT2D eigenvalue weighted by Crippen LogP contribution is 2.42. The molecule has 1 unspecified atom stereocenters. The summed E-state index contributed by atoms with van der Waals surface area (Å²) in [6.45, 7) is 2.53. The molecule has 28 nitrogen and oxygen atoms in total. The first kappa shape index (κ1) is 52.8. The van der Waals surface area contributed by atoms with E-state index in [0.29, 0.717) is 16.5 Å². The van der Waals surface area contributed by atoms with Crippen molar-refractivity contribution < 1.29 is 82.8 Å². The Labute approximate surface area is 423 Å². The lowest BCUT2D eigenvalue weighted by Crippen LogP contribution is -2.82. The maximum atomic E-state index is 13.2. The smallest absolute Gasteiger partial charge is 0.352 e. The van der Waals surface area contributed by atoms with E-state index >= 15 is 0 Å². The molecule has 73 heavy (non-hydrogen) atoms. The van der Waals surface area contributed by atoms with Gasteiger partial charge in [0.2, 0.25) is 16.7 Å². The van der Waals surface area contributed by atoms with Gasteiger partial charge in [0.25, 0.3) is 23.4 Å². The maximum absolute atomic E-state index is 13.2. The summed E-state index contributed by atoms with van der Waals surface area (Å²) >= 11 is 3.46. The predicted octanol–water partition coefficient (Wildman–Crippen LogP) is -2.43. The van der Waals surface area contributed by atoms with Crippen molar-refractivity contribution in [1.82, 2.24) is 45.6 Å². The Bertz CT molecular complexity index is 2980. The minimum atomic E-state index is -2.14. The minimum absolute atomic E-state index is 0.0265. The van der Waals surface area contributed by atoms with Crippen molar-refractivity contribution >= 4 is 93.2 Å². The highest BCUT2D eigenvalue weighted by Gasteiger charge is 2.68. The quantitative estimate of drug-likeness (QED) is 0.0104. The molecule has 0 bridgehead atoms. The Morgan fingerprint density at radius 3 is 2.34 bits per heavy atom. The zero-order valence-electron chi connectivity index (χ0n) is 38.4. The van der Waals surface area contributed by atoms with Gasteiger partial charge in [-0.2, -0.15) is 0 Å². The zero-order chi connectivity index (χ0) is 53.1. The first-order valence-electron chi connectivity index (χ1n) is 21.1. The number of tetrazole rings is 1. The molecule has 2 saturated heterocycles. The Balaban J connectivity index is 0.000000214. The standard InChI is InChI=1S/C22H22N6O7S2.C20H20N6O9S/c1-22(2,20(33)34)35-26-13(12-10-37-21(23)24-12)16(29)25-14-17(30)28-15(19(31)32)11(9-36-18(14)28)8-27-6-4-3-5-7-27;1-25-19(22-23-24-25)36-8-10-7-35-18-20(34-2,17(33)26(18)13(10)16(31)32)21-14(28)12(15(29)30)9-3-5-11(27)6-4-9/h3-7,10,14,18H,8-9H2,1-2H3,(H4-,23,24,25,29,31,32,33,34);3-6,12,18,27H,7-8H2,1-2H3,(H,21,28)(H,29,30)(H,31,32)/b26-13-;/t14-,18-;12?,18-,20+/m11/s1. The molecule has 31 heteroatoms. The average Bonchev–Trinajstić information content (AvgIpc) is 3.98. The number of benzene rings is 1. The molecule has 2 fully saturated rings. The molecule has 0 aliphatic carbocycles. The van der Waals surface area contributed by atoms with Gasteiger partial charge in [0.15, 0.2) is 41.9 Å². The minimum Gasteiger partial charge on any atom is -0.543 e. The highest BCUT2D eigenvalue weighted by molar-refractivity contribution is 8.00. The number of pyridine rings is 1. The third-order valence-electron chi connectivity index (χ3n) is 11.2. The number of oxime groups is 1. The van der Waals surface area contributed by atoms with Gasteiger partial charge in [0.05, 0.1) is 18.3 Å². The summed E-state index contributed by atoms with van der Waals surface area (Å²) in [6.07, 6.45) is 2.19. The van der Waals surface area contributed by atoms with Gasteiger partial charge in [-0.3, -0.25) is 33.8 Å². The summed E-state index contributed by atoms with van der Waals surface area (Å²) in [7, 11) is 2.71. The van der Waals surface area contributed by atoms with Gasteiger partial charge < -0.3 is 61.0 Å². The van der Waals surface area contributed by atoms with Gasteiger partial charge in [-0.15, -0.1) is 28.2 Å². The molecule has 3 aromatic heterocycles. The molecule has 1 aromatic carbocycles. The lowest BCUT2D eigenvalue weighted by molar-refractivity contribution is -0.689. The van der Waals surface area contributed by atoms with Crippen LogP contribution in [0.1, 0.15) is 31.0 Å². The number of aromatic nitrogens is 6. The molecule has 384 valence electrons. The van der Waals surface area contributed by atoms with E-state index in [2.05, 4.69) is 36.3 Å². The second-order valence-corrected chi connectivity index (χ2v) is 19.3. The number of carboxylic acids is 4. The predicted molar refractivity (Wildman–Crippen MR) is 247 cm³/mol. The number of nitrogen functional groups attached to an aromatic ring is 1. The lowest BCUT2D eigenvalue weighted by atomic mass is 9.92. The van der Waals surface area contributed by atoms with Crippen LogP contribution >= 0.6 is 34.9 Å².